The van der Waals surface area contributed by atoms with Gasteiger partial charge in [0.2, 0.25) is 0 Å². The minimum atomic E-state index is 0.689. The fourth-order valence-corrected chi connectivity index (χ4v) is 1.09. The zero-order chi connectivity index (χ0) is 9.64. The molecule has 74 valence electrons. The molecular formula is C8H11N5O. The van der Waals surface area contributed by atoms with E-state index in [1.165, 1.54) is 6.39 Å². The predicted octanol–water partition coefficient (Wildman–Crippen LogP) is 0.0559. The lowest BCUT2D eigenvalue weighted by molar-refractivity contribution is 0.465. The molecule has 0 saturated carbocycles. The molecule has 0 atom stereocenters. The van der Waals surface area contributed by atoms with Gasteiger partial charge in [0.1, 0.15) is 5.76 Å². The Morgan fingerprint density at radius 1 is 1.50 bits per heavy atom. The summed E-state index contributed by atoms with van der Waals surface area (Å²) in [5.74, 6) is 0.837. The van der Waals surface area contributed by atoms with Gasteiger partial charge in [0.05, 0.1) is 25.5 Å². The summed E-state index contributed by atoms with van der Waals surface area (Å²) in [6, 6.07) is 0. The number of oxazole rings is 1. The molecule has 6 heteroatoms. The first-order valence-corrected chi connectivity index (χ1v) is 4.37. The van der Waals surface area contributed by atoms with Crippen molar-refractivity contribution in [1.82, 2.24) is 25.3 Å². The molecule has 2 aromatic heterocycles. The molecule has 0 unspecified atom stereocenters. The second kappa shape index (κ2) is 4.52. The molecule has 2 heterocycles. The average Bonchev–Trinajstić information content (AvgIpc) is 2.86. The standard InChI is InChI=1S/C8H11N5O/c1(3-13-4-2-11-12-13)9-5-8-6-10-7-14-8/h2,4,6-7,9H,1,3,5H2. The van der Waals surface area contributed by atoms with E-state index < -0.39 is 0 Å². The van der Waals surface area contributed by atoms with E-state index in [0.29, 0.717) is 6.54 Å². The van der Waals surface area contributed by atoms with Gasteiger partial charge in [-0.05, 0) is 0 Å². The Morgan fingerprint density at radius 2 is 2.50 bits per heavy atom. The van der Waals surface area contributed by atoms with Crippen LogP contribution in [0.5, 0.6) is 0 Å². The van der Waals surface area contributed by atoms with E-state index in [2.05, 4.69) is 20.6 Å². The van der Waals surface area contributed by atoms with Crippen LogP contribution in [0.3, 0.4) is 0 Å². The summed E-state index contributed by atoms with van der Waals surface area (Å²) in [7, 11) is 0. The van der Waals surface area contributed by atoms with Gasteiger partial charge in [-0.3, -0.25) is 4.68 Å². The van der Waals surface area contributed by atoms with Gasteiger partial charge in [-0.25, -0.2) is 4.98 Å². The molecule has 2 aromatic rings. The highest BCUT2D eigenvalue weighted by molar-refractivity contribution is 4.86. The molecule has 0 aliphatic rings. The number of nitrogens with zero attached hydrogens (tertiary/aromatic N) is 4. The van der Waals surface area contributed by atoms with Gasteiger partial charge in [0.15, 0.2) is 6.39 Å². The van der Waals surface area contributed by atoms with E-state index in [-0.39, 0.29) is 0 Å². The van der Waals surface area contributed by atoms with Gasteiger partial charge >= 0.3 is 0 Å². The Balaban J connectivity index is 1.65. The second-order valence-electron chi connectivity index (χ2n) is 2.81. The Bertz CT molecular complexity index is 305. The molecule has 0 spiro atoms. The minimum absolute atomic E-state index is 0.689. The first-order chi connectivity index (χ1) is 6.95. The van der Waals surface area contributed by atoms with Gasteiger partial charge in [-0.15, -0.1) is 5.10 Å². The Hall–Kier alpha value is -1.69. The largest absolute Gasteiger partial charge is 0.447 e. The highest BCUT2D eigenvalue weighted by atomic mass is 16.3. The number of hydrogen-bond acceptors (Lipinski definition) is 5. The van der Waals surface area contributed by atoms with Crippen LogP contribution in [0.15, 0.2) is 29.4 Å². The van der Waals surface area contributed by atoms with Gasteiger partial charge < -0.3 is 9.73 Å². The Kier molecular flexibility index (Phi) is 2.87. The molecular weight excluding hydrogens is 182 g/mol. The molecule has 6 nitrogen and oxygen atoms in total. The van der Waals surface area contributed by atoms with Gasteiger partial charge in [-0.2, -0.15) is 0 Å². The number of aromatic nitrogens is 4. The predicted molar refractivity (Wildman–Crippen MR) is 48.2 cm³/mol. The second-order valence-corrected chi connectivity index (χ2v) is 2.81. The first-order valence-electron chi connectivity index (χ1n) is 4.37. The molecule has 14 heavy (non-hydrogen) atoms. The summed E-state index contributed by atoms with van der Waals surface area (Å²) < 4.78 is 6.83. The summed E-state index contributed by atoms with van der Waals surface area (Å²) in [6.45, 7) is 2.31. The minimum Gasteiger partial charge on any atom is -0.447 e. The summed E-state index contributed by atoms with van der Waals surface area (Å²) in [6.07, 6.45) is 6.61. The molecule has 0 aliphatic carbocycles. The molecule has 0 fully saturated rings. The van der Waals surface area contributed by atoms with Crippen LogP contribution in [-0.2, 0) is 13.1 Å². The van der Waals surface area contributed by atoms with Crippen molar-refractivity contribution in [3.05, 3.63) is 30.7 Å². The van der Waals surface area contributed by atoms with Crippen molar-refractivity contribution in [2.24, 2.45) is 0 Å². The van der Waals surface area contributed by atoms with Crippen LogP contribution in [0.4, 0.5) is 0 Å². The maximum absolute atomic E-state index is 5.06. The summed E-state index contributed by atoms with van der Waals surface area (Å²) in [4.78, 5) is 3.82. The normalized spacial score (nSPS) is 10.6. The number of hydrogen-bond donors (Lipinski definition) is 1. The first kappa shape index (κ1) is 8.89. The molecule has 0 aromatic carbocycles. The van der Waals surface area contributed by atoms with Gasteiger partial charge in [0, 0.05) is 12.7 Å². The molecule has 0 radical (unpaired) electrons. The zero-order valence-electron chi connectivity index (χ0n) is 7.63. The lowest BCUT2D eigenvalue weighted by Crippen LogP contribution is -2.19. The third-order valence-electron chi connectivity index (χ3n) is 1.77. The zero-order valence-corrected chi connectivity index (χ0v) is 7.63. The van der Waals surface area contributed by atoms with Crippen molar-refractivity contribution in [3.63, 3.8) is 0 Å². The van der Waals surface area contributed by atoms with Crippen LogP contribution < -0.4 is 5.32 Å². The molecule has 0 saturated heterocycles. The van der Waals surface area contributed by atoms with Crippen LogP contribution in [-0.4, -0.2) is 26.5 Å². The summed E-state index contributed by atoms with van der Waals surface area (Å²) >= 11 is 0. The molecule has 2 rings (SSSR count). The fraction of sp³-hybridized carbons (Fsp3) is 0.375. The third-order valence-corrected chi connectivity index (χ3v) is 1.77. The maximum atomic E-state index is 5.06. The Morgan fingerprint density at radius 3 is 3.21 bits per heavy atom. The topological polar surface area (TPSA) is 68.8 Å². The van der Waals surface area contributed by atoms with Crippen molar-refractivity contribution < 1.29 is 4.42 Å². The van der Waals surface area contributed by atoms with E-state index in [1.807, 2.05) is 6.20 Å². The van der Waals surface area contributed by atoms with E-state index in [0.717, 1.165) is 18.8 Å². The quantitative estimate of drug-likeness (QED) is 0.680. The van der Waals surface area contributed by atoms with Crippen LogP contribution in [0.1, 0.15) is 5.76 Å². The van der Waals surface area contributed by atoms with Crippen LogP contribution in [0.2, 0.25) is 0 Å². The van der Waals surface area contributed by atoms with E-state index >= 15 is 0 Å². The van der Waals surface area contributed by atoms with Gasteiger partial charge in [-0.1, -0.05) is 5.21 Å². The van der Waals surface area contributed by atoms with Crippen molar-refractivity contribution in [1.29, 1.82) is 0 Å². The highest BCUT2D eigenvalue weighted by Crippen LogP contribution is 1.94. The van der Waals surface area contributed by atoms with Crippen LogP contribution in [0.25, 0.3) is 0 Å². The maximum Gasteiger partial charge on any atom is 0.180 e. The van der Waals surface area contributed by atoms with Gasteiger partial charge in [0.25, 0.3) is 0 Å². The van der Waals surface area contributed by atoms with Crippen molar-refractivity contribution in [3.8, 4) is 0 Å². The highest BCUT2D eigenvalue weighted by Gasteiger charge is 1.95. The lowest BCUT2D eigenvalue weighted by Gasteiger charge is -2.01. The molecule has 0 amide bonds. The number of rotatable bonds is 5. The van der Waals surface area contributed by atoms with Crippen molar-refractivity contribution >= 4 is 0 Å². The van der Waals surface area contributed by atoms with E-state index in [1.54, 1.807) is 17.1 Å². The number of nitrogens with one attached hydrogen (secondary N) is 1. The monoisotopic (exact) mass is 193 g/mol. The average molecular weight is 193 g/mol. The summed E-state index contributed by atoms with van der Waals surface area (Å²) in [5.41, 5.74) is 0. The summed E-state index contributed by atoms with van der Waals surface area (Å²) in [5, 5.41) is 10.8. The van der Waals surface area contributed by atoms with Crippen LogP contribution >= 0.6 is 0 Å². The third kappa shape index (κ3) is 2.40. The molecule has 1 N–H and O–H groups in total. The SMILES string of the molecule is c1cn(CCNCc2cnco2)nn1. The lowest BCUT2D eigenvalue weighted by atomic mass is 10.5. The molecule has 0 bridgehead atoms. The smallest absolute Gasteiger partial charge is 0.180 e. The fourth-order valence-electron chi connectivity index (χ4n) is 1.09. The van der Waals surface area contributed by atoms with Crippen molar-refractivity contribution in [2.75, 3.05) is 6.54 Å². The van der Waals surface area contributed by atoms with Crippen LogP contribution in [0, 0.1) is 0 Å². The van der Waals surface area contributed by atoms with E-state index in [9.17, 15) is 0 Å². The van der Waals surface area contributed by atoms with Crippen molar-refractivity contribution in [2.45, 2.75) is 13.1 Å². The Labute approximate surface area is 80.9 Å². The molecule has 0 aliphatic heterocycles. The van der Waals surface area contributed by atoms with E-state index in [4.69, 9.17) is 4.42 Å².